The second kappa shape index (κ2) is 6.98. The maximum absolute atomic E-state index is 12.9. The Morgan fingerprint density at radius 3 is 3.04 bits per heavy atom. The van der Waals surface area contributed by atoms with Crippen LogP contribution >= 0.6 is 0 Å². The van der Waals surface area contributed by atoms with Crippen LogP contribution in [-0.4, -0.2) is 38.4 Å². The molecule has 1 aliphatic heterocycles. The summed E-state index contributed by atoms with van der Waals surface area (Å²) in [6.45, 7) is 5.97. The summed E-state index contributed by atoms with van der Waals surface area (Å²) in [6.07, 6.45) is 8.48. The van der Waals surface area contributed by atoms with Gasteiger partial charge in [-0.3, -0.25) is 4.79 Å². The van der Waals surface area contributed by atoms with Gasteiger partial charge in [0.05, 0.1) is 6.42 Å². The van der Waals surface area contributed by atoms with Crippen molar-refractivity contribution in [2.45, 2.75) is 45.1 Å². The number of aromatic nitrogens is 3. The van der Waals surface area contributed by atoms with Crippen molar-refractivity contribution in [2.75, 3.05) is 13.1 Å². The molecule has 5 nitrogen and oxygen atoms in total. The van der Waals surface area contributed by atoms with E-state index < -0.39 is 0 Å². The van der Waals surface area contributed by atoms with Gasteiger partial charge in [0.2, 0.25) is 5.91 Å². The number of benzene rings is 1. The van der Waals surface area contributed by atoms with Crippen LogP contribution in [0, 0.1) is 0 Å². The summed E-state index contributed by atoms with van der Waals surface area (Å²) in [5.41, 5.74) is 2.17. The highest BCUT2D eigenvalue weighted by molar-refractivity contribution is 5.88. The maximum atomic E-state index is 12.9. The average Bonchev–Trinajstić information content (AvgIpc) is 3.29. The van der Waals surface area contributed by atoms with E-state index >= 15 is 0 Å². The number of hydrogen-bond donors (Lipinski definition) is 1. The van der Waals surface area contributed by atoms with Crippen molar-refractivity contribution in [3.63, 3.8) is 0 Å². The first-order valence-electron chi connectivity index (χ1n) is 9.49. The number of para-hydroxylation sites is 1. The van der Waals surface area contributed by atoms with Crippen molar-refractivity contribution < 1.29 is 4.79 Å². The number of carbonyl (C=O) groups is 1. The Kier molecular flexibility index (Phi) is 4.53. The number of nitrogens with one attached hydrogen (secondary N) is 1. The molecular weight excluding hydrogens is 324 g/mol. The number of carbonyl (C=O) groups excluding carboxylic acids is 1. The summed E-state index contributed by atoms with van der Waals surface area (Å²) in [5.74, 6) is 1.65. The fourth-order valence-corrected chi connectivity index (χ4v) is 4.04. The lowest BCUT2D eigenvalue weighted by molar-refractivity contribution is -0.131. The molecule has 0 aliphatic carbocycles. The Labute approximate surface area is 154 Å². The van der Waals surface area contributed by atoms with Gasteiger partial charge in [0.15, 0.2) is 0 Å². The second-order valence-corrected chi connectivity index (χ2v) is 7.50. The molecule has 0 unspecified atom stereocenters. The molecular formula is C21H26N4O. The van der Waals surface area contributed by atoms with Crippen molar-refractivity contribution in [1.82, 2.24) is 19.4 Å². The van der Waals surface area contributed by atoms with Gasteiger partial charge in [-0.1, -0.05) is 18.2 Å². The molecule has 1 fully saturated rings. The molecule has 1 saturated heterocycles. The molecule has 1 amide bonds. The van der Waals surface area contributed by atoms with Gasteiger partial charge < -0.3 is 14.5 Å². The summed E-state index contributed by atoms with van der Waals surface area (Å²) >= 11 is 0. The van der Waals surface area contributed by atoms with Crippen molar-refractivity contribution in [3.8, 4) is 0 Å². The number of hydrogen-bond acceptors (Lipinski definition) is 2. The van der Waals surface area contributed by atoms with Crippen LogP contribution in [0.15, 0.2) is 42.9 Å². The van der Waals surface area contributed by atoms with E-state index in [9.17, 15) is 4.79 Å². The van der Waals surface area contributed by atoms with E-state index in [-0.39, 0.29) is 5.91 Å². The summed E-state index contributed by atoms with van der Waals surface area (Å²) in [4.78, 5) is 22.8. The topological polar surface area (TPSA) is 53.9 Å². The number of imidazole rings is 1. The molecule has 1 aromatic carbocycles. The van der Waals surface area contributed by atoms with Crippen molar-refractivity contribution in [3.05, 3.63) is 54.2 Å². The van der Waals surface area contributed by atoms with Gasteiger partial charge in [-0.25, -0.2) is 4.98 Å². The monoisotopic (exact) mass is 350 g/mol. The molecule has 2 aromatic heterocycles. The molecule has 0 spiro atoms. The molecule has 1 N–H and O–H groups in total. The van der Waals surface area contributed by atoms with Crippen LogP contribution in [-0.2, 0) is 11.2 Å². The molecule has 3 heterocycles. The van der Waals surface area contributed by atoms with Crippen LogP contribution in [0.25, 0.3) is 10.9 Å². The summed E-state index contributed by atoms with van der Waals surface area (Å²) in [5, 5.41) is 1.14. The standard InChI is InChI=1S/C21H26N4O/c1-15(2)25-11-9-22-21(25)16-6-5-10-24(14-16)20(26)12-17-13-23-19-8-4-3-7-18(17)19/h3-4,7-9,11,13,15-16,23H,5-6,10,12,14H2,1-2H3/t16-/m1/s1. The molecule has 1 aliphatic rings. The lowest BCUT2D eigenvalue weighted by Crippen LogP contribution is -2.40. The zero-order chi connectivity index (χ0) is 18.1. The van der Waals surface area contributed by atoms with Crippen molar-refractivity contribution >= 4 is 16.8 Å². The second-order valence-electron chi connectivity index (χ2n) is 7.50. The van der Waals surface area contributed by atoms with Gasteiger partial charge in [-0.05, 0) is 38.3 Å². The summed E-state index contributed by atoms with van der Waals surface area (Å²) in [7, 11) is 0. The molecule has 5 heteroatoms. The van der Waals surface area contributed by atoms with E-state index in [1.807, 2.05) is 41.7 Å². The minimum absolute atomic E-state index is 0.210. The van der Waals surface area contributed by atoms with Gasteiger partial charge in [-0.15, -0.1) is 0 Å². The number of aromatic amines is 1. The normalized spacial score (nSPS) is 18.0. The first kappa shape index (κ1) is 16.9. The molecule has 136 valence electrons. The minimum atomic E-state index is 0.210. The van der Waals surface area contributed by atoms with Gasteiger partial charge in [0, 0.05) is 54.5 Å². The molecule has 26 heavy (non-hydrogen) atoms. The summed E-state index contributed by atoms with van der Waals surface area (Å²) < 4.78 is 2.23. The number of H-pyrrole nitrogens is 1. The van der Waals surface area contributed by atoms with Gasteiger partial charge in [-0.2, -0.15) is 0 Å². The zero-order valence-corrected chi connectivity index (χ0v) is 15.5. The van der Waals surface area contributed by atoms with E-state index in [1.165, 1.54) is 0 Å². The lowest BCUT2D eigenvalue weighted by Gasteiger charge is -2.33. The van der Waals surface area contributed by atoms with E-state index in [4.69, 9.17) is 0 Å². The third-order valence-corrected chi connectivity index (χ3v) is 5.41. The van der Waals surface area contributed by atoms with E-state index in [2.05, 4.69) is 34.4 Å². The first-order valence-corrected chi connectivity index (χ1v) is 9.49. The first-order chi connectivity index (χ1) is 12.6. The van der Waals surface area contributed by atoms with E-state index in [0.717, 1.165) is 48.2 Å². The molecule has 1 atom stereocenters. The quantitative estimate of drug-likeness (QED) is 0.776. The number of amides is 1. The molecule has 4 rings (SSSR count). The Morgan fingerprint density at radius 1 is 1.35 bits per heavy atom. The largest absolute Gasteiger partial charge is 0.361 e. The van der Waals surface area contributed by atoms with Crippen LogP contribution in [0.2, 0.25) is 0 Å². The number of piperidine rings is 1. The summed E-state index contributed by atoms with van der Waals surface area (Å²) in [6, 6.07) is 8.55. The predicted molar refractivity (Wildman–Crippen MR) is 103 cm³/mol. The number of rotatable bonds is 4. The third-order valence-electron chi connectivity index (χ3n) is 5.41. The smallest absolute Gasteiger partial charge is 0.227 e. The highest BCUT2D eigenvalue weighted by Crippen LogP contribution is 2.28. The molecule has 3 aromatic rings. The Hall–Kier alpha value is -2.56. The SMILES string of the molecule is CC(C)n1ccnc1[C@@H]1CCCN(C(=O)Cc2c[nH]c3ccccc23)C1. The fraction of sp³-hybridized carbons (Fsp3) is 0.429. The van der Waals surface area contributed by atoms with Gasteiger partial charge >= 0.3 is 0 Å². The number of fused-ring (bicyclic) bond motifs is 1. The van der Waals surface area contributed by atoms with Crippen LogP contribution in [0.3, 0.4) is 0 Å². The van der Waals surface area contributed by atoms with Gasteiger partial charge in [0.1, 0.15) is 5.82 Å². The highest BCUT2D eigenvalue weighted by Gasteiger charge is 2.28. The van der Waals surface area contributed by atoms with E-state index in [1.54, 1.807) is 0 Å². The van der Waals surface area contributed by atoms with Crippen molar-refractivity contribution in [1.29, 1.82) is 0 Å². The molecule has 0 radical (unpaired) electrons. The highest BCUT2D eigenvalue weighted by atomic mass is 16.2. The molecule has 0 bridgehead atoms. The Balaban J connectivity index is 1.49. The van der Waals surface area contributed by atoms with Crippen LogP contribution < -0.4 is 0 Å². The Morgan fingerprint density at radius 2 is 2.19 bits per heavy atom. The average molecular weight is 350 g/mol. The van der Waals surface area contributed by atoms with Crippen LogP contribution in [0.4, 0.5) is 0 Å². The third kappa shape index (κ3) is 3.14. The predicted octanol–water partition coefficient (Wildman–Crippen LogP) is 3.89. The van der Waals surface area contributed by atoms with E-state index in [0.29, 0.717) is 18.4 Å². The fourth-order valence-electron chi connectivity index (χ4n) is 4.04. The van der Waals surface area contributed by atoms with Crippen LogP contribution in [0.5, 0.6) is 0 Å². The maximum Gasteiger partial charge on any atom is 0.227 e. The lowest BCUT2D eigenvalue weighted by atomic mass is 9.96. The minimum Gasteiger partial charge on any atom is -0.361 e. The number of likely N-dealkylation sites (tertiary alicyclic amines) is 1. The van der Waals surface area contributed by atoms with Crippen molar-refractivity contribution in [2.24, 2.45) is 0 Å². The Bertz CT molecular complexity index is 908. The van der Waals surface area contributed by atoms with Crippen LogP contribution in [0.1, 0.15) is 50.0 Å². The zero-order valence-electron chi connectivity index (χ0n) is 15.5. The van der Waals surface area contributed by atoms with Gasteiger partial charge in [0.25, 0.3) is 0 Å². The molecule has 0 saturated carbocycles. The number of nitrogens with zero attached hydrogens (tertiary/aromatic N) is 3.